The van der Waals surface area contributed by atoms with Crippen LogP contribution >= 0.6 is 0 Å². The Bertz CT molecular complexity index is 972. The molecule has 0 bridgehead atoms. The standard InChI is InChI=1S/C22H26N4O/c1-15-9-6-7-10-19(15)14-26-17(3)21(16(2)24-26)23-22(27)18-11-8-12-20(13-18)25(4)5/h6-13H,14H2,1-5H3,(H,23,27). The maximum absolute atomic E-state index is 12.7. The Morgan fingerprint density at radius 2 is 1.81 bits per heavy atom. The number of amides is 1. The van der Waals surface area contributed by atoms with Gasteiger partial charge in [0, 0.05) is 25.3 Å². The zero-order valence-electron chi connectivity index (χ0n) is 16.6. The van der Waals surface area contributed by atoms with Crippen molar-refractivity contribution in [2.75, 3.05) is 24.3 Å². The minimum Gasteiger partial charge on any atom is -0.378 e. The fourth-order valence-corrected chi connectivity index (χ4v) is 3.09. The number of benzene rings is 2. The molecule has 1 aromatic heterocycles. The summed E-state index contributed by atoms with van der Waals surface area (Å²) >= 11 is 0. The summed E-state index contributed by atoms with van der Waals surface area (Å²) in [6, 6.07) is 15.9. The van der Waals surface area contributed by atoms with Gasteiger partial charge < -0.3 is 10.2 Å². The number of aromatic nitrogens is 2. The highest BCUT2D eigenvalue weighted by atomic mass is 16.1. The lowest BCUT2D eigenvalue weighted by atomic mass is 10.1. The molecule has 1 N–H and O–H groups in total. The smallest absolute Gasteiger partial charge is 0.255 e. The third-order valence-corrected chi connectivity index (χ3v) is 4.83. The highest BCUT2D eigenvalue weighted by Crippen LogP contribution is 2.23. The summed E-state index contributed by atoms with van der Waals surface area (Å²) in [5.74, 6) is -0.125. The molecule has 0 radical (unpaired) electrons. The van der Waals surface area contributed by atoms with Crippen molar-refractivity contribution in [3.63, 3.8) is 0 Å². The molecular weight excluding hydrogens is 336 g/mol. The Hall–Kier alpha value is -3.08. The van der Waals surface area contributed by atoms with E-state index in [9.17, 15) is 4.79 Å². The molecule has 0 fully saturated rings. The number of nitrogens with zero attached hydrogens (tertiary/aromatic N) is 3. The zero-order valence-corrected chi connectivity index (χ0v) is 16.6. The molecule has 1 amide bonds. The molecule has 0 spiro atoms. The monoisotopic (exact) mass is 362 g/mol. The lowest BCUT2D eigenvalue weighted by Gasteiger charge is -2.13. The number of anilines is 2. The number of hydrogen-bond donors (Lipinski definition) is 1. The van der Waals surface area contributed by atoms with Crippen molar-refractivity contribution >= 4 is 17.3 Å². The molecule has 3 aromatic rings. The van der Waals surface area contributed by atoms with Gasteiger partial charge in [0.15, 0.2) is 0 Å². The molecule has 140 valence electrons. The fourth-order valence-electron chi connectivity index (χ4n) is 3.09. The quantitative estimate of drug-likeness (QED) is 0.741. The summed E-state index contributed by atoms with van der Waals surface area (Å²) in [5.41, 5.74) is 6.63. The average molecular weight is 362 g/mol. The lowest BCUT2D eigenvalue weighted by molar-refractivity contribution is 0.102. The Morgan fingerprint density at radius 3 is 2.52 bits per heavy atom. The van der Waals surface area contributed by atoms with E-state index < -0.39 is 0 Å². The molecule has 0 saturated heterocycles. The van der Waals surface area contributed by atoms with Gasteiger partial charge in [-0.2, -0.15) is 5.10 Å². The first-order valence-corrected chi connectivity index (χ1v) is 9.04. The topological polar surface area (TPSA) is 50.2 Å². The molecule has 0 unspecified atom stereocenters. The summed E-state index contributed by atoms with van der Waals surface area (Å²) in [6.45, 7) is 6.70. The van der Waals surface area contributed by atoms with Crippen LogP contribution in [0.25, 0.3) is 0 Å². The molecule has 0 aliphatic rings. The van der Waals surface area contributed by atoms with E-state index in [4.69, 9.17) is 0 Å². The molecule has 0 saturated carbocycles. The number of nitrogens with one attached hydrogen (secondary N) is 1. The van der Waals surface area contributed by atoms with Crippen molar-refractivity contribution in [3.8, 4) is 0 Å². The largest absolute Gasteiger partial charge is 0.378 e. The maximum atomic E-state index is 12.7. The Labute approximate surface area is 160 Å². The van der Waals surface area contributed by atoms with Crippen molar-refractivity contribution in [1.82, 2.24) is 9.78 Å². The van der Waals surface area contributed by atoms with Crippen molar-refractivity contribution in [2.45, 2.75) is 27.3 Å². The highest BCUT2D eigenvalue weighted by Gasteiger charge is 2.16. The molecule has 0 aliphatic carbocycles. The third-order valence-electron chi connectivity index (χ3n) is 4.83. The summed E-state index contributed by atoms with van der Waals surface area (Å²) in [4.78, 5) is 14.7. The van der Waals surface area contributed by atoms with Crippen LogP contribution in [0.4, 0.5) is 11.4 Å². The van der Waals surface area contributed by atoms with Crippen molar-refractivity contribution in [2.24, 2.45) is 0 Å². The maximum Gasteiger partial charge on any atom is 0.255 e. The molecule has 0 aliphatic heterocycles. The van der Waals surface area contributed by atoms with Crippen LogP contribution in [0, 0.1) is 20.8 Å². The summed E-state index contributed by atoms with van der Waals surface area (Å²) in [7, 11) is 3.92. The van der Waals surface area contributed by atoms with Crippen LogP contribution in [0.2, 0.25) is 0 Å². The van der Waals surface area contributed by atoms with Gasteiger partial charge in [-0.25, -0.2) is 0 Å². The molecular formula is C22H26N4O. The molecule has 3 rings (SSSR count). The van der Waals surface area contributed by atoms with Gasteiger partial charge in [0.1, 0.15) is 0 Å². The normalized spacial score (nSPS) is 10.7. The van der Waals surface area contributed by atoms with Crippen LogP contribution in [0.5, 0.6) is 0 Å². The Morgan fingerprint density at radius 1 is 1.07 bits per heavy atom. The van der Waals surface area contributed by atoms with Crippen molar-refractivity contribution < 1.29 is 4.79 Å². The van der Waals surface area contributed by atoms with Gasteiger partial charge in [-0.1, -0.05) is 30.3 Å². The van der Waals surface area contributed by atoms with E-state index in [-0.39, 0.29) is 5.91 Å². The fraction of sp³-hybridized carbons (Fsp3) is 0.273. The second kappa shape index (κ2) is 7.66. The van der Waals surface area contributed by atoms with E-state index in [0.29, 0.717) is 12.1 Å². The molecule has 5 nitrogen and oxygen atoms in total. The predicted molar refractivity (Wildman–Crippen MR) is 111 cm³/mol. The van der Waals surface area contributed by atoms with Crippen LogP contribution in [-0.4, -0.2) is 29.8 Å². The highest BCUT2D eigenvalue weighted by molar-refractivity contribution is 6.05. The average Bonchev–Trinajstić information content (AvgIpc) is 2.91. The number of hydrogen-bond acceptors (Lipinski definition) is 3. The minimum atomic E-state index is -0.125. The zero-order chi connectivity index (χ0) is 19.6. The summed E-state index contributed by atoms with van der Waals surface area (Å²) < 4.78 is 1.95. The number of aryl methyl sites for hydroxylation is 2. The first-order chi connectivity index (χ1) is 12.9. The van der Waals surface area contributed by atoms with E-state index >= 15 is 0 Å². The molecule has 1 heterocycles. The molecule has 2 aromatic carbocycles. The van der Waals surface area contributed by atoms with Gasteiger partial charge in [-0.15, -0.1) is 0 Å². The van der Waals surface area contributed by atoms with Crippen LogP contribution in [0.1, 0.15) is 32.9 Å². The van der Waals surface area contributed by atoms with Gasteiger partial charge in [-0.3, -0.25) is 9.48 Å². The van der Waals surface area contributed by atoms with Crippen LogP contribution in [-0.2, 0) is 6.54 Å². The molecule has 5 heteroatoms. The number of carbonyl (C=O) groups is 1. The SMILES string of the molecule is Cc1ccccc1Cn1nc(C)c(NC(=O)c2cccc(N(C)C)c2)c1C. The van der Waals surface area contributed by atoms with E-state index in [1.54, 1.807) is 0 Å². The van der Waals surface area contributed by atoms with Crippen molar-refractivity contribution in [1.29, 1.82) is 0 Å². The lowest BCUT2D eigenvalue weighted by Crippen LogP contribution is -2.15. The van der Waals surface area contributed by atoms with Crippen LogP contribution < -0.4 is 10.2 Å². The van der Waals surface area contributed by atoms with E-state index in [1.165, 1.54) is 11.1 Å². The van der Waals surface area contributed by atoms with E-state index in [2.05, 4.69) is 29.5 Å². The van der Waals surface area contributed by atoms with E-state index in [1.807, 2.05) is 73.9 Å². The first kappa shape index (κ1) is 18.7. The number of rotatable bonds is 5. The predicted octanol–water partition coefficient (Wildman–Crippen LogP) is 4.17. The van der Waals surface area contributed by atoms with Gasteiger partial charge in [0.2, 0.25) is 0 Å². The van der Waals surface area contributed by atoms with Gasteiger partial charge in [0.25, 0.3) is 5.91 Å². The molecule has 27 heavy (non-hydrogen) atoms. The van der Waals surface area contributed by atoms with Gasteiger partial charge in [-0.05, 0) is 50.1 Å². The number of carbonyl (C=O) groups excluding carboxylic acids is 1. The second-order valence-electron chi connectivity index (χ2n) is 7.03. The van der Waals surface area contributed by atoms with Gasteiger partial charge >= 0.3 is 0 Å². The summed E-state index contributed by atoms with van der Waals surface area (Å²) in [6.07, 6.45) is 0. The summed E-state index contributed by atoms with van der Waals surface area (Å²) in [5, 5.41) is 7.67. The van der Waals surface area contributed by atoms with Crippen LogP contribution in [0.3, 0.4) is 0 Å². The second-order valence-corrected chi connectivity index (χ2v) is 7.03. The third kappa shape index (κ3) is 4.03. The van der Waals surface area contributed by atoms with Crippen molar-refractivity contribution in [3.05, 3.63) is 76.6 Å². The Kier molecular flexibility index (Phi) is 5.31. The molecule has 0 atom stereocenters. The van der Waals surface area contributed by atoms with Gasteiger partial charge in [0.05, 0.1) is 23.6 Å². The first-order valence-electron chi connectivity index (χ1n) is 9.04. The minimum absolute atomic E-state index is 0.125. The van der Waals surface area contributed by atoms with E-state index in [0.717, 1.165) is 22.8 Å². The Balaban J connectivity index is 1.84. The van der Waals surface area contributed by atoms with Crippen LogP contribution in [0.15, 0.2) is 48.5 Å².